The zero-order valence-corrected chi connectivity index (χ0v) is 7.53. The van der Waals surface area contributed by atoms with Gasteiger partial charge in [0.1, 0.15) is 11.4 Å². The van der Waals surface area contributed by atoms with Crippen molar-refractivity contribution in [2.45, 2.75) is 6.92 Å². The van der Waals surface area contributed by atoms with Crippen LogP contribution in [-0.4, -0.2) is 13.7 Å². The predicted octanol–water partition coefficient (Wildman–Crippen LogP) is 2.41. The second-order valence-corrected chi connectivity index (χ2v) is 2.50. The van der Waals surface area contributed by atoms with E-state index in [1.165, 1.54) is 7.11 Å². The van der Waals surface area contributed by atoms with Crippen molar-refractivity contribution in [1.29, 1.82) is 0 Å². The molecule has 0 aliphatic heterocycles. The molecule has 0 fully saturated rings. The summed E-state index contributed by atoms with van der Waals surface area (Å²) in [6, 6.07) is 2.28. The predicted molar refractivity (Wildman–Crippen MR) is 47.1 cm³/mol. The summed E-state index contributed by atoms with van der Waals surface area (Å²) in [4.78, 5) is 0. The van der Waals surface area contributed by atoms with Crippen LogP contribution in [0.4, 0.5) is 14.5 Å². The molecule has 0 heterocycles. The van der Waals surface area contributed by atoms with E-state index >= 15 is 0 Å². The van der Waals surface area contributed by atoms with Crippen LogP contribution in [0.15, 0.2) is 12.1 Å². The van der Waals surface area contributed by atoms with Crippen LogP contribution in [0, 0.1) is 11.6 Å². The van der Waals surface area contributed by atoms with Crippen LogP contribution in [0.25, 0.3) is 0 Å². The van der Waals surface area contributed by atoms with Gasteiger partial charge in [0.25, 0.3) is 0 Å². The van der Waals surface area contributed by atoms with E-state index in [2.05, 4.69) is 5.32 Å². The van der Waals surface area contributed by atoms with E-state index in [-0.39, 0.29) is 11.4 Å². The largest absolute Gasteiger partial charge is 0.497 e. The summed E-state index contributed by atoms with van der Waals surface area (Å²) >= 11 is 0. The molecular formula is C9H11F2NO. The fraction of sp³-hybridized carbons (Fsp3) is 0.333. The summed E-state index contributed by atoms with van der Waals surface area (Å²) in [5.41, 5.74) is -0.108. The molecule has 72 valence electrons. The molecule has 1 aromatic rings. The lowest BCUT2D eigenvalue weighted by Gasteiger charge is -2.07. The number of halogens is 2. The Kier molecular flexibility index (Phi) is 3.06. The van der Waals surface area contributed by atoms with Gasteiger partial charge < -0.3 is 10.1 Å². The Labute approximate surface area is 75.5 Å². The molecule has 1 rings (SSSR count). The molecule has 1 N–H and O–H groups in total. The van der Waals surface area contributed by atoms with E-state index in [0.717, 1.165) is 12.1 Å². The van der Waals surface area contributed by atoms with Crippen molar-refractivity contribution in [3.63, 3.8) is 0 Å². The summed E-state index contributed by atoms with van der Waals surface area (Å²) in [5.74, 6) is -1.10. The molecule has 0 unspecified atom stereocenters. The number of rotatable bonds is 3. The standard InChI is InChI=1S/C9H11F2NO/c1-3-12-9-7(10)4-6(13-2)5-8(9)11/h4-5,12H,3H2,1-2H3. The molecule has 0 aliphatic rings. The van der Waals surface area contributed by atoms with E-state index < -0.39 is 11.6 Å². The van der Waals surface area contributed by atoms with Crippen LogP contribution in [0.5, 0.6) is 5.75 Å². The van der Waals surface area contributed by atoms with Gasteiger partial charge in [-0.3, -0.25) is 0 Å². The minimum absolute atomic E-state index is 0.108. The summed E-state index contributed by atoms with van der Waals surface area (Å²) < 4.78 is 30.9. The summed E-state index contributed by atoms with van der Waals surface area (Å²) in [6.45, 7) is 2.24. The molecule has 0 aliphatic carbocycles. The van der Waals surface area contributed by atoms with Crippen molar-refractivity contribution in [2.24, 2.45) is 0 Å². The van der Waals surface area contributed by atoms with Crippen molar-refractivity contribution in [3.8, 4) is 5.75 Å². The average Bonchev–Trinajstić information content (AvgIpc) is 2.11. The highest BCUT2D eigenvalue weighted by molar-refractivity contribution is 5.49. The first kappa shape index (κ1) is 9.77. The van der Waals surface area contributed by atoms with E-state index in [1.807, 2.05) is 0 Å². The number of nitrogens with one attached hydrogen (secondary N) is 1. The zero-order valence-electron chi connectivity index (χ0n) is 7.53. The Morgan fingerprint density at radius 1 is 1.31 bits per heavy atom. The Bertz CT molecular complexity index is 279. The highest BCUT2D eigenvalue weighted by Crippen LogP contribution is 2.24. The molecule has 0 atom stereocenters. The van der Waals surface area contributed by atoms with E-state index in [1.54, 1.807) is 6.92 Å². The SMILES string of the molecule is CCNc1c(F)cc(OC)cc1F. The van der Waals surface area contributed by atoms with Crippen molar-refractivity contribution in [2.75, 3.05) is 19.0 Å². The normalized spacial score (nSPS) is 9.85. The van der Waals surface area contributed by atoms with Crippen molar-refractivity contribution in [1.82, 2.24) is 0 Å². The van der Waals surface area contributed by atoms with Gasteiger partial charge in [0, 0.05) is 18.7 Å². The second-order valence-electron chi connectivity index (χ2n) is 2.50. The van der Waals surface area contributed by atoms with Crippen LogP contribution in [-0.2, 0) is 0 Å². The van der Waals surface area contributed by atoms with Crippen molar-refractivity contribution < 1.29 is 13.5 Å². The van der Waals surface area contributed by atoms with Crippen LogP contribution >= 0.6 is 0 Å². The molecule has 1 aromatic carbocycles. The lowest BCUT2D eigenvalue weighted by atomic mass is 10.2. The highest BCUT2D eigenvalue weighted by Gasteiger charge is 2.09. The molecule has 0 radical (unpaired) electrons. The quantitative estimate of drug-likeness (QED) is 0.784. The Morgan fingerprint density at radius 3 is 2.23 bits per heavy atom. The van der Waals surface area contributed by atoms with E-state index in [9.17, 15) is 8.78 Å². The fourth-order valence-electron chi connectivity index (χ4n) is 1.01. The first-order chi connectivity index (χ1) is 6.19. The molecule has 0 aromatic heterocycles. The van der Waals surface area contributed by atoms with Crippen LogP contribution in [0.1, 0.15) is 6.92 Å². The Balaban J connectivity index is 3.07. The highest BCUT2D eigenvalue weighted by atomic mass is 19.1. The maximum absolute atomic E-state index is 13.1. The number of hydrogen-bond donors (Lipinski definition) is 1. The number of benzene rings is 1. The fourth-order valence-corrected chi connectivity index (χ4v) is 1.01. The molecule has 0 spiro atoms. The summed E-state index contributed by atoms with van der Waals surface area (Å²) in [5, 5.41) is 2.59. The molecule has 4 heteroatoms. The van der Waals surface area contributed by atoms with Gasteiger partial charge in [0.05, 0.1) is 7.11 Å². The van der Waals surface area contributed by atoms with Gasteiger partial charge in [-0.25, -0.2) is 8.78 Å². The van der Waals surface area contributed by atoms with Gasteiger partial charge in [0.2, 0.25) is 0 Å². The Morgan fingerprint density at radius 2 is 1.85 bits per heavy atom. The van der Waals surface area contributed by atoms with E-state index in [0.29, 0.717) is 6.54 Å². The van der Waals surface area contributed by atoms with Gasteiger partial charge in [-0.2, -0.15) is 0 Å². The van der Waals surface area contributed by atoms with Crippen LogP contribution in [0.2, 0.25) is 0 Å². The monoisotopic (exact) mass is 187 g/mol. The lowest BCUT2D eigenvalue weighted by Crippen LogP contribution is -2.02. The van der Waals surface area contributed by atoms with Crippen LogP contribution < -0.4 is 10.1 Å². The van der Waals surface area contributed by atoms with Gasteiger partial charge in [0.15, 0.2) is 11.6 Å². The second kappa shape index (κ2) is 4.07. The molecule has 0 bridgehead atoms. The zero-order chi connectivity index (χ0) is 9.84. The van der Waals surface area contributed by atoms with E-state index in [4.69, 9.17) is 4.74 Å². The summed E-state index contributed by atoms with van der Waals surface area (Å²) in [6.07, 6.45) is 0. The van der Waals surface area contributed by atoms with Crippen molar-refractivity contribution in [3.05, 3.63) is 23.8 Å². The van der Waals surface area contributed by atoms with Gasteiger partial charge in [-0.1, -0.05) is 0 Å². The Hall–Kier alpha value is -1.32. The van der Waals surface area contributed by atoms with Crippen LogP contribution in [0.3, 0.4) is 0 Å². The minimum Gasteiger partial charge on any atom is -0.497 e. The average molecular weight is 187 g/mol. The number of hydrogen-bond acceptors (Lipinski definition) is 2. The molecule has 0 amide bonds. The van der Waals surface area contributed by atoms with Gasteiger partial charge in [-0.05, 0) is 6.92 Å². The molecule has 13 heavy (non-hydrogen) atoms. The number of methoxy groups -OCH3 is 1. The number of ether oxygens (including phenoxy) is 1. The molecule has 0 saturated carbocycles. The third-order valence-electron chi connectivity index (χ3n) is 1.60. The third-order valence-corrected chi connectivity index (χ3v) is 1.60. The topological polar surface area (TPSA) is 21.3 Å². The maximum Gasteiger partial charge on any atom is 0.152 e. The smallest absolute Gasteiger partial charge is 0.152 e. The maximum atomic E-state index is 13.1. The lowest BCUT2D eigenvalue weighted by molar-refractivity contribution is 0.407. The third kappa shape index (κ3) is 2.08. The first-order valence-electron chi connectivity index (χ1n) is 3.96. The first-order valence-corrected chi connectivity index (χ1v) is 3.96. The molecule has 2 nitrogen and oxygen atoms in total. The molecular weight excluding hydrogens is 176 g/mol. The number of anilines is 1. The van der Waals surface area contributed by atoms with Gasteiger partial charge in [-0.15, -0.1) is 0 Å². The van der Waals surface area contributed by atoms with Gasteiger partial charge >= 0.3 is 0 Å². The molecule has 0 saturated heterocycles. The van der Waals surface area contributed by atoms with Crippen molar-refractivity contribution >= 4 is 5.69 Å². The minimum atomic E-state index is -0.640. The summed E-state index contributed by atoms with van der Waals surface area (Å²) in [7, 11) is 1.36.